The van der Waals surface area contributed by atoms with Gasteiger partial charge in [0.05, 0.1) is 14.2 Å². The lowest BCUT2D eigenvalue weighted by Crippen LogP contribution is -2.21. The van der Waals surface area contributed by atoms with Crippen molar-refractivity contribution in [3.63, 3.8) is 0 Å². The van der Waals surface area contributed by atoms with E-state index in [-0.39, 0.29) is 0 Å². The number of halogens is 3. The molecule has 0 radical (unpaired) electrons. The van der Waals surface area contributed by atoms with Gasteiger partial charge in [0.1, 0.15) is 11.5 Å². The topological polar surface area (TPSA) is 72.8 Å². The van der Waals surface area contributed by atoms with Gasteiger partial charge in [0.15, 0.2) is 0 Å². The van der Waals surface area contributed by atoms with Crippen LogP contribution in [-0.4, -0.2) is 32.7 Å². The molecule has 1 N–H and O–H groups in total. The molecule has 0 atom stereocenters. The van der Waals surface area contributed by atoms with Gasteiger partial charge in [-0.1, -0.05) is 54.6 Å². The second kappa shape index (κ2) is 10.6. The molecule has 0 heterocycles. The van der Waals surface area contributed by atoms with Crippen LogP contribution in [0.3, 0.4) is 0 Å². The molecule has 0 aliphatic carbocycles. The molecular formula is C21H20F3O5PS. The van der Waals surface area contributed by atoms with Crippen LogP contribution in [0.25, 0.3) is 0 Å². The van der Waals surface area contributed by atoms with Gasteiger partial charge in [-0.2, -0.15) is 21.6 Å². The predicted octanol–water partition coefficient (Wildman–Crippen LogP) is 3.86. The molecule has 3 aromatic rings. The fraction of sp³-hybridized carbons (Fsp3) is 0.143. The van der Waals surface area contributed by atoms with Crippen LogP contribution < -0.4 is 25.4 Å². The highest BCUT2D eigenvalue weighted by molar-refractivity contribution is 7.86. The van der Waals surface area contributed by atoms with Gasteiger partial charge in [0, 0.05) is 0 Å². The molecule has 0 unspecified atom stereocenters. The van der Waals surface area contributed by atoms with E-state index >= 15 is 0 Å². The van der Waals surface area contributed by atoms with Gasteiger partial charge >= 0.3 is 15.6 Å². The Hall–Kier alpha value is -2.61. The Morgan fingerprint density at radius 1 is 0.710 bits per heavy atom. The molecule has 31 heavy (non-hydrogen) atoms. The summed E-state index contributed by atoms with van der Waals surface area (Å²) in [5, 5.41) is 3.94. The monoisotopic (exact) mass is 472 g/mol. The molecule has 0 aliphatic heterocycles. The summed E-state index contributed by atoms with van der Waals surface area (Å²) in [5.41, 5.74) is -5.53. The van der Waals surface area contributed by atoms with Crippen LogP contribution in [0, 0.1) is 0 Å². The lowest BCUT2D eigenvalue weighted by Gasteiger charge is -2.19. The van der Waals surface area contributed by atoms with E-state index in [1.807, 2.05) is 24.3 Å². The summed E-state index contributed by atoms with van der Waals surface area (Å²) in [4.78, 5) is 0. The Morgan fingerprint density at radius 2 is 1.03 bits per heavy atom. The predicted molar refractivity (Wildman–Crippen MR) is 116 cm³/mol. The Balaban J connectivity index is 0.000000366. The third-order valence-electron chi connectivity index (χ3n) is 3.97. The van der Waals surface area contributed by atoms with Crippen LogP contribution in [0.15, 0.2) is 78.9 Å². The largest absolute Gasteiger partial charge is 0.522 e. The average molecular weight is 472 g/mol. The first kappa shape index (κ1) is 24.7. The van der Waals surface area contributed by atoms with E-state index in [0.29, 0.717) is 0 Å². The molecule has 0 spiro atoms. The van der Waals surface area contributed by atoms with Crippen molar-refractivity contribution in [3.05, 3.63) is 78.9 Å². The van der Waals surface area contributed by atoms with E-state index in [4.69, 9.17) is 22.4 Å². The molecule has 0 aromatic heterocycles. The number of ether oxygens (including phenoxy) is 2. The minimum atomic E-state index is -5.84. The summed E-state index contributed by atoms with van der Waals surface area (Å²) in [6.07, 6.45) is 0. The van der Waals surface area contributed by atoms with E-state index in [0.717, 1.165) is 11.5 Å². The minimum Gasteiger partial charge on any atom is -0.497 e. The molecule has 3 rings (SSSR count). The average Bonchev–Trinajstić information content (AvgIpc) is 2.75. The van der Waals surface area contributed by atoms with Crippen molar-refractivity contribution in [2.45, 2.75) is 5.51 Å². The molecule has 0 bridgehead atoms. The summed E-state index contributed by atoms with van der Waals surface area (Å²) in [6, 6.07) is 27.4. The van der Waals surface area contributed by atoms with Crippen LogP contribution in [-0.2, 0) is 10.1 Å². The zero-order valence-corrected chi connectivity index (χ0v) is 18.3. The highest BCUT2D eigenvalue weighted by Crippen LogP contribution is 2.33. The highest BCUT2D eigenvalue weighted by atomic mass is 32.2. The van der Waals surface area contributed by atoms with E-state index in [1.165, 1.54) is 15.9 Å². The van der Waals surface area contributed by atoms with Crippen molar-refractivity contribution in [2.24, 2.45) is 0 Å². The number of hydrogen-bond acceptors (Lipinski definition) is 4. The third kappa shape index (κ3) is 6.95. The Kier molecular flexibility index (Phi) is 8.44. The van der Waals surface area contributed by atoms with Gasteiger partial charge in [-0.05, 0) is 48.1 Å². The van der Waals surface area contributed by atoms with E-state index in [2.05, 4.69) is 54.6 Å². The maximum absolute atomic E-state index is 10.7. The van der Waals surface area contributed by atoms with Gasteiger partial charge in [0.2, 0.25) is 0 Å². The zero-order chi connectivity index (χ0) is 23.1. The SMILES string of the molecule is COc1ccc(P(c2ccccc2)c2ccc(OC)cc2)cc1.O=S(=O)(O)C(F)(F)F. The molecule has 0 saturated carbocycles. The van der Waals surface area contributed by atoms with E-state index in [9.17, 15) is 13.2 Å². The van der Waals surface area contributed by atoms with Gasteiger partial charge in [0.25, 0.3) is 0 Å². The molecule has 0 saturated heterocycles. The van der Waals surface area contributed by atoms with Crippen LogP contribution in [0.1, 0.15) is 0 Å². The lowest BCUT2D eigenvalue weighted by molar-refractivity contribution is -0.0510. The second-order valence-electron chi connectivity index (χ2n) is 5.99. The number of rotatable bonds is 5. The van der Waals surface area contributed by atoms with Crippen molar-refractivity contribution in [1.82, 2.24) is 0 Å². The summed E-state index contributed by atoms with van der Waals surface area (Å²) in [6.45, 7) is 0. The number of alkyl halides is 3. The molecule has 5 nitrogen and oxygen atoms in total. The minimum absolute atomic E-state index is 0.592. The Labute approximate surface area is 179 Å². The Bertz CT molecular complexity index is 1010. The van der Waals surface area contributed by atoms with Crippen molar-refractivity contribution in [1.29, 1.82) is 0 Å². The fourth-order valence-corrected chi connectivity index (χ4v) is 4.75. The molecule has 0 amide bonds. The van der Waals surface area contributed by atoms with Crippen molar-refractivity contribution < 1.29 is 35.6 Å². The first-order valence-corrected chi connectivity index (χ1v) is 11.5. The van der Waals surface area contributed by atoms with Gasteiger partial charge in [-0.3, -0.25) is 4.55 Å². The van der Waals surface area contributed by atoms with Crippen LogP contribution in [0.5, 0.6) is 11.5 Å². The molecule has 0 aliphatic rings. The summed E-state index contributed by atoms with van der Waals surface area (Å²) in [7, 11) is -3.05. The standard InChI is InChI=1S/C20H19O2P.CHF3O3S/c1-21-16-8-12-19(13-9-16)23(18-6-4-3-5-7-18)20-14-10-17(22-2)11-15-20;2-1(3,4)8(5,6)7/h3-15H,1-2H3;(H,5,6,7). The van der Waals surface area contributed by atoms with Gasteiger partial charge in [-0.25, -0.2) is 0 Å². The molecule has 3 aromatic carbocycles. The number of benzene rings is 3. The molecule has 166 valence electrons. The molecule has 0 fully saturated rings. The number of hydrogen-bond donors (Lipinski definition) is 1. The maximum atomic E-state index is 10.7. The quantitative estimate of drug-likeness (QED) is 0.347. The lowest BCUT2D eigenvalue weighted by atomic mass is 10.3. The first-order valence-electron chi connectivity index (χ1n) is 8.74. The zero-order valence-electron chi connectivity index (χ0n) is 16.6. The summed E-state index contributed by atoms with van der Waals surface area (Å²) < 4.78 is 68.1. The number of methoxy groups -OCH3 is 2. The molecule has 10 heteroatoms. The first-order chi connectivity index (χ1) is 14.6. The van der Waals surface area contributed by atoms with Crippen molar-refractivity contribution in [2.75, 3.05) is 14.2 Å². The maximum Gasteiger partial charge on any atom is 0.522 e. The van der Waals surface area contributed by atoms with Crippen LogP contribution in [0.4, 0.5) is 13.2 Å². The highest BCUT2D eigenvalue weighted by Gasteiger charge is 2.44. The Morgan fingerprint density at radius 3 is 1.32 bits per heavy atom. The van der Waals surface area contributed by atoms with Gasteiger partial charge in [-0.15, -0.1) is 0 Å². The van der Waals surface area contributed by atoms with Gasteiger partial charge < -0.3 is 9.47 Å². The van der Waals surface area contributed by atoms with E-state index < -0.39 is 23.5 Å². The smallest absolute Gasteiger partial charge is 0.497 e. The second-order valence-corrected chi connectivity index (χ2v) is 9.62. The fourth-order valence-electron chi connectivity index (χ4n) is 2.49. The molecular weight excluding hydrogens is 452 g/mol. The van der Waals surface area contributed by atoms with Crippen molar-refractivity contribution in [3.8, 4) is 11.5 Å². The summed E-state index contributed by atoms with van der Waals surface area (Å²) in [5.74, 6) is 1.76. The normalized spacial score (nSPS) is 11.5. The van der Waals surface area contributed by atoms with Crippen LogP contribution >= 0.6 is 7.92 Å². The van der Waals surface area contributed by atoms with Crippen molar-refractivity contribution >= 4 is 34.0 Å². The third-order valence-corrected chi connectivity index (χ3v) is 7.00. The summed E-state index contributed by atoms with van der Waals surface area (Å²) >= 11 is 0. The van der Waals surface area contributed by atoms with Crippen LogP contribution in [0.2, 0.25) is 0 Å². The van der Waals surface area contributed by atoms with E-state index in [1.54, 1.807) is 14.2 Å².